The lowest BCUT2D eigenvalue weighted by molar-refractivity contribution is 0.101. The third kappa shape index (κ3) is 3.39. The Morgan fingerprint density at radius 3 is 2.81 bits per heavy atom. The van der Waals surface area contributed by atoms with E-state index in [1.165, 1.54) is 0 Å². The van der Waals surface area contributed by atoms with Crippen LogP contribution >= 0.6 is 0 Å². The molecule has 0 saturated carbocycles. The maximum Gasteiger partial charge on any atom is 0.137 e. The summed E-state index contributed by atoms with van der Waals surface area (Å²) in [6, 6.07) is 10.8. The van der Waals surface area contributed by atoms with E-state index in [2.05, 4.69) is 11.1 Å². The van der Waals surface area contributed by atoms with E-state index < -0.39 is 5.60 Å². The van der Waals surface area contributed by atoms with Gasteiger partial charge >= 0.3 is 0 Å². The van der Waals surface area contributed by atoms with Gasteiger partial charge in [0.25, 0.3) is 0 Å². The summed E-state index contributed by atoms with van der Waals surface area (Å²) in [6.07, 6.45) is 4.14. The normalized spacial score (nSPS) is 13.2. The number of nitriles is 1. The largest absolute Gasteiger partial charge is 0.492 e. The van der Waals surface area contributed by atoms with Crippen molar-refractivity contribution in [2.75, 3.05) is 6.61 Å². The first-order valence-corrected chi connectivity index (χ1v) is 6.89. The molecule has 0 aliphatic heterocycles. The second-order valence-corrected chi connectivity index (χ2v) is 5.02. The van der Waals surface area contributed by atoms with Crippen LogP contribution in [0.2, 0.25) is 0 Å². The van der Waals surface area contributed by atoms with E-state index in [9.17, 15) is 5.11 Å². The molecule has 0 aliphatic rings. The molecule has 4 heteroatoms. The van der Waals surface area contributed by atoms with Gasteiger partial charge in [-0.2, -0.15) is 5.26 Å². The van der Waals surface area contributed by atoms with Crippen LogP contribution in [0.25, 0.3) is 0 Å². The van der Waals surface area contributed by atoms with Crippen LogP contribution in [0.4, 0.5) is 0 Å². The number of rotatable bonds is 5. The van der Waals surface area contributed by atoms with E-state index in [1.807, 2.05) is 6.92 Å². The van der Waals surface area contributed by atoms with E-state index in [0.717, 1.165) is 6.42 Å². The molecule has 1 N–H and O–H groups in total. The SMILES string of the molecule is CCCOc1cncc(C(C)(O)c2cccc(C#N)c2)c1. The zero-order valence-corrected chi connectivity index (χ0v) is 12.2. The summed E-state index contributed by atoms with van der Waals surface area (Å²) in [5.74, 6) is 0.631. The van der Waals surface area contributed by atoms with E-state index >= 15 is 0 Å². The fourth-order valence-electron chi connectivity index (χ4n) is 2.04. The number of aliphatic hydroxyl groups is 1. The van der Waals surface area contributed by atoms with Crippen molar-refractivity contribution < 1.29 is 9.84 Å². The summed E-state index contributed by atoms with van der Waals surface area (Å²) in [6.45, 7) is 4.32. The Balaban J connectivity index is 2.36. The molecule has 1 unspecified atom stereocenters. The number of ether oxygens (including phenoxy) is 1. The fraction of sp³-hybridized carbons (Fsp3) is 0.294. The summed E-state index contributed by atoms with van der Waals surface area (Å²) in [5, 5.41) is 19.8. The third-order valence-electron chi connectivity index (χ3n) is 3.30. The van der Waals surface area contributed by atoms with E-state index in [0.29, 0.717) is 29.0 Å². The Morgan fingerprint density at radius 1 is 1.29 bits per heavy atom. The predicted octanol–water partition coefficient (Wildman–Crippen LogP) is 3.00. The average Bonchev–Trinajstić information content (AvgIpc) is 2.53. The van der Waals surface area contributed by atoms with Gasteiger partial charge in [-0.1, -0.05) is 19.1 Å². The molecule has 1 heterocycles. The molecule has 1 aromatic carbocycles. The van der Waals surface area contributed by atoms with Gasteiger partial charge in [0.1, 0.15) is 11.4 Å². The lowest BCUT2D eigenvalue weighted by Crippen LogP contribution is -2.23. The minimum absolute atomic E-state index is 0.513. The summed E-state index contributed by atoms with van der Waals surface area (Å²) < 4.78 is 5.55. The standard InChI is InChI=1S/C17H18N2O2/c1-3-7-21-16-9-15(11-19-12-16)17(2,20)14-6-4-5-13(8-14)10-18/h4-6,8-9,11-12,20H,3,7H2,1-2H3. The van der Waals surface area contributed by atoms with Crippen LogP contribution in [-0.4, -0.2) is 16.7 Å². The van der Waals surface area contributed by atoms with E-state index in [1.54, 1.807) is 49.6 Å². The van der Waals surface area contributed by atoms with Crippen LogP contribution in [0, 0.1) is 11.3 Å². The minimum Gasteiger partial charge on any atom is -0.492 e. The van der Waals surface area contributed by atoms with Crippen molar-refractivity contribution in [2.24, 2.45) is 0 Å². The summed E-state index contributed by atoms with van der Waals surface area (Å²) in [7, 11) is 0. The summed E-state index contributed by atoms with van der Waals surface area (Å²) >= 11 is 0. The number of hydrogen-bond acceptors (Lipinski definition) is 4. The van der Waals surface area contributed by atoms with Gasteiger partial charge in [0.05, 0.1) is 24.4 Å². The molecule has 0 fully saturated rings. The average molecular weight is 282 g/mol. The van der Waals surface area contributed by atoms with Crippen molar-refractivity contribution >= 4 is 0 Å². The van der Waals surface area contributed by atoms with Gasteiger partial charge in [-0.25, -0.2) is 0 Å². The Morgan fingerprint density at radius 2 is 2.10 bits per heavy atom. The molecule has 4 nitrogen and oxygen atoms in total. The summed E-state index contributed by atoms with van der Waals surface area (Å²) in [5.41, 5.74) is 0.562. The van der Waals surface area contributed by atoms with Crippen molar-refractivity contribution in [3.05, 3.63) is 59.4 Å². The number of aromatic nitrogens is 1. The fourth-order valence-corrected chi connectivity index (χ4v) is 2.04. The van der Waals surface area contributed by atoms with Crippen LogP contribution in [0.15, 0.2) is 42.7 Å². The molecule has 2 aromatic rings. The second kappa shape index (κ2) is 6.38. The molecule has 0 radical (unpaired) electrons. The zero-order valence-electron chi connectivity index (χ0n) is 12.2. The third-order valence-corrected chi connectivity index (χ3v) is 3.30. The van der Waals surface area contributed by atoms with E-state index in [4.69, 9.17) is 10.00 Å². The van der Waals surface area contributed by atoms with Crippen molar-refractivity contribution in [3.63, 3.8) is 0 Å². The molecule has 2 rings (SSSR count). The van der Waals surface area contributed by atoms with Gasteiger partial charge in [-0.3, -0.25) is 4.98 Å². The van der Waals surface area contributed by atoms with Crippen molar-refractivity contribution in [1.29, 1.82) is 5.26 Å². The first kappa shape index (κ1) is 15.0. The molecule has 108 valence electrons. The Hall–Kier alpha value is -2.38. The topological polar surface area (TPSA) is 66.1 Å². The Labute approximate surface area is 124 Å². The molecule has 21 heavy (non-hydrogen) atoms. The van der Waals surface area contributed by atoms with Gasteiger partial charge in [-0.05, 0) is 37.1 Å². The molecule has 1 aromatic heterocycles. The molecule has 0 bridgehead atoms. The van der Waals surface area contributed by atoms with Gasteiger partial charge in [0.2, 0.25) is 0 Å². The molecule has 1 atom stereocenters. The van der Waals surface area contributed by atoms with Crippen LogP contribution in [0.5, 0.6) is 5.75 Å². The smallest absolute Gasteiger partial charge is 0.137 e. The Kier molecular flexibility index (Phi) is 4.56. The quantitative estimate of drug-likeness (QED) is 0.915. The molecular formula is C17H18N2O2. The molecule has 0 saturated heterocycles. The van der Waals surface area contributed by atoms with Crippen LogP contribution in [-0.2, 0) is 5.60 Å². The van der Waals surface area contributed by atoms with E-state index in [-0.39, 0.29) is 0 Å². The minimum atomic E-state index is -1.23. The lowest BCUT2D eigenvalue weighted by Gasteiger charge is -2.24. The maximum atomic E-state index is 10.8. The predicted molar refractivity (Wildman–Crippen MR) is 79.9 cm³/mol. The number of pyridine rings is 1. The highest BCUT2D eigenvalue weighted by molar-refractivity contribution is 5.41. The van der Waals surface area contributed by atoms with Gasteiger partial charge in [0.15, 0.2) is 0 Å². The molecule has 0 spiro atoms. The molecule has 0 amide bonds. The van der Waals surface area contributed by atoms with Crippen molar-refractivity contribution in [2.45, 2.75) is 25.9 Å². The molecular weight excluding hydrogens is 264 g/mol. The van der Waals surface area contributed by atoms with Crippen molar-refractivity contribution in [3.8, 4) is 11.8 Å². The van der Waals surface area contributed by atoms with Crippen molar-refractivity contribution in [1.82, 2.24) is 4.98 Å². The lowest BCUT2D eigenvalue weighted by atomic mass is 9.88. The Bertz CT molecular complexity index is 660. The van der Waals surface area contributed by atoms with Gasteiger partial charge in [0, 0.05) is 11.8 Å². The maximum absolute atomic E-state index is 10.8. The summed E-state index contributed by atoms with van der Waals surface area (Å²) in [4.78, 5) is 4.12. The highest BCUT2D eigenvalue weighted by Gasteiger charge is 2.26. The number of benzene rings is 1. The van der Waals surface area contributed by atoms with Crippen LogP contribution in [0.1, 0.15) is 37.0 Å². The highest BCUT2D eigenvalue weighted by Crippen LogP contribution is 2.30. The first-order chi connectivity index (χ1) is 10.1. The number of hydrogen-bond donors (Lipinski definition) is 1. The van der Waals surface area contributed by atoms with Crippen LogP contribution in [0.3, 0.4) is 0 Å². The monoisotopic (exact) mass is 282 g/mol. The first-order valence-electron chi connectivity index (χ1n) is 6.89. The second-order valence-electron chi connectivity index (χ2n) is 5.02. The van der Waals surface area contributed by atoms with Crippen LogP contribution < -0.4 is 4.74 Å². The van der Waals surface area contributed by atoms with Gasteiger partial charge < -0.3 is 9.84 Å². The zero-order chi connectivity index (χ0) is 15.3. The molecule has 0 aliphatic carbocycles. The highest BCUT2D eigenvalue weighted by atomic mass is 16.5. The van der Waals surface area contributed by atoms with Gasteiger partial charge in [-0.15, -0.1) is 0 Å². The number of nitrogens with zero attached hydrogens (tertiary/aromatic N) is 2.